The number of nitrogens with one attached hydrogen (secondary N) is 1. The fourth-order valence-corrected chi connectivity index (χ4v) is 2.77. The molecule has 0 saturated heterocycles. The van der Waals surface area contributed by atoms with E-state index in [4.69, 9.17) is 4.74 Å². The average Bonchev–Trinajstić information content (AvgIpc) is 2.60. The summed E-state index contributed by atoms with van der Waals surface area (Å²) in [6.07, 6.45) is -0.0213. The lowest BCUT2D eigenvalue weighted by Gasteiger charge is -2.32. The van der Waals surface area contributed by atoms with Crippen LogP contribution >= 0.6 is 0 Å². The lowest BCUT2D eigenvalue weighted by atomic mass is 9.99. The number of ether oxygens (including phenoxy) is 1. The third-order valence-corrected chi connectivity index (χ3v) is 4.05. The molecule has 1 atom stereocenters. The number of carbonyl (C=O) groups excluding carboxylic acids is 1. The van der Waals surface area contributed by atoms with E-state index in [1.54, 1.807) is 24.1 Å². The number of methoxy groups -OCH3 is 1. The molecule has 2 amide bonds. The number of nitrogens with zero attached hydrogens (tertiary/aromatic N) is 1. The molecule has 1 aliphatic heterocycles. The Labute approximate surface area is 135 Å². The molecule has 2 N–H and O–H groups in total. The Balaban J connectivity index is 1.78. The van der Waals surface area contributed by atoms with Crippen LogP contribution in [0.1, 0.15) is 23.7 Å². The molecule has 5 heteroatoms. The summed E-state index contributed by atoms with van der Waals surface area (Å²) in [7, 11) is 1.58. The zero-order chi connectivity index (χ0) is 16.2. The number of rotatable bonds is 3. The van der Waals surface area contributed by atoms with Gasteiger partial charge in [0.1, 0.15) is 5.75 Å². The Morgan fingerprint density at radius 1 is 1.30 bits per heavy atom. The Kier molecular flexibility index (Phi) is 4.48. The standard InChI is InChI=1S/C18H20N2O3/c1-23-14-7-8-15-16(11-14)20(10-9-17(15)21)18(22)19-12-13-5-3-2-4-6-13/h2-8,11,17,21H,9-10,12H2,1H3,(H,19,22). The molecule has 5 nitrogen and oxygen atoms in total. The van der Waals surface area contributed by atoms with Crippen LogP contribution in [0, 0.1) is 0 Å². The van der Waals surface area contributed by atoms with Gasteiger partial charge in [0.05, 0.1) is 18.9 Å². The number of carbonyl (C=O) groups is 1. The Morgan fingerprint density at radius 2 is 2.09 bits per heavy atom. The van der Waals surface area contributed by atoms with Crippen LogP contribution in [0.5, 0.6) is 5.75 Å². The fourth-order valence-electron chi connectivity index (χ4n) is 2.77. The molecule has 0 bridgehead atoms. The Bertz CT molecular complexity index is 688. The highest BCUT2D eigenvalue weighted by molar-refractivity contribution is 5.93. The van der Waals surface area contributed by atoms with Gasteiger partial charge in [0.25, 0.3) is 0 Å². The lowest BCUT2D eigenvalue weighted by Crippen LogP contribution is -2.43. The van der Waals surface area contributed by atoms with Gasteiger partial charge in [-0.2, -0.15) is 0 Å². The van der Waals surface area contributed by atoms with Crippen molar-refractivity contribution < 1.29 is 14.6 Å². The van der Waals surface area contributed by atoms with Crippen molar-refractivity contribution in [3.8, 4) is 5.75 Å². The van der Waals surface area contributed by atoms with E-state index in [-0.39, 0.29) is 6.03 Å². The molecule has 0 saturated carbocycles. The molecular weight excluding hydrogens is 292 g/mol. The van der Waals surface area contributed by atoms with E-state index < -0.39 is 6.10 Å². The first-order valence-corrected chi connectivity index (χ1v) is 7.64. The first-order chi connectivity index (χ1) is 11.2. The first kappa shape index (κ1) is 15.4. The van der Waals surface area contributed by atoms with E-state index in [0.717, 1.165) is 11.1 Å². The van der Waals surface area contributed by atoms with Crippen LogP contribution < -0.4 is 15.0 Å². The largest absolute Gasteiger partial charge is 0.497 e. The highest BCUT2D eigenvalue weighted by Crippen LogP contribution is 2.36. The van der Waals surface area contributed by atoms with E-state index in [1.165, 1.54) is 0 Å². The zero-order valence-electron chi connectivity index (χ0n) is 13.0. The number of fused-ring (bicyclic) bond motifs is 1. The van der Waals surface area contributed by atoms with Gasteiger partial charge >= 0.3 is 6.03 Å². The van der Waals surface area contributed by atoms with Crippen molar-refractivity contribution in [2.75, 3.05) is 18.6 Å². The van der Waals surface area contributed by atoms with E-state index in [0.29, 0.717) is 30.9 Å². The summed E-state index contributed by atoms with van der Waals surface area (Å²) in [6, 6.07) is 15.0. The van der Waals surface area contributed by atoms with Gasteiger partial charge in [-0.25, -0.2) is 4.79 Å². The van der Waals surface area contributed by atoms with E-state index in [2.05, 4.69) is 5.32 Å². The summed E-state index contributed by atoms with van der Waals surface area (Å²) in [4.78, 5) is 14.2. The van der Waals surface area contributed by atoms with Gasteiger partial charge in [-0.15, -0.1) is 0 Å². The van der Waals surface area contributed by atoms with Gasteiger partial charge in [-0.3, -0.25) is 4.90 Å². The summed E-state index contributed by atoms with van der Waals surface area (Å²) in [5.41, 5.74) is 2.50. The number of anilines is 1. The molecule has 0 aliphatic carbocycles. The molecule has 3 rings (SSSR count). The van der Waals surface area contributed by atoms with Crippen LogP contribution in [-0.4, -0.2) is 24.8 Å². The van der Waals surface area contributed by atoms with Crippen LogP contribution in [0.3, 0.4) is 0 Å². The summed E-state index contributed by atoms with van der Waals surface area (Å²) in [5, 5.41) is 13.1. The number of amides is 2. The molecule has 2 aromatic carbocycles. The molecule has 0 spiro atoms. The van der Waals surface area contributed by atoms with Crippen molar-refractivity contribution in [2.24, 2.45) is 0 Å². The highest BCUT2D eigenvalue weighted by atomic mass is 16.5. The monoisotopic (exact) mass is 312 g/mol. The van der Waals surface area contributed by atoms with Crippen LogP contribution in [-0.2, 0) is 6.54 Å². The molecule has 2 aromatic rings. The van der Waals surface area contributed by atoms with Gasteiger partial charge in [-0.05, 0) is 18.1 Å². The number of hydrogen-bond donors (Lipinski definition) is 2. The molecule has 0 aromatic heterocycles. The van der Waals surface area contributed by atoms with E-state index in [9.17, 15) is 9.90 Å². The van der Waals surface area contributed by atoms with Crippen molar-refractivity contribution in [2.45, 2.75) is 19.1 Å². The highest BCUT2D eigenvalue weighted by Gasteiger charge is 2.27. The van der Waals surface area contributed by atoms with Gasteiger partial charge in [0, 0.05) is 24.7 Å². The molecule has 23 heavy (non-hydrogen) atoms. The second-order valence-electron chi connectivity index (χ2n) is 5.53. The average molecular weight is 312 g/mol. The maximum absolute atomic E-state index is 12.5. The fraction of sp³-hybridized carbons (Fsp3) is 0.278. The minimum Gasteiger partial charge on any atom is -0.497 e. The SMILES string of the molecule is COc1ccc2c(c1)N(C(=O)NCc1ccccc1)CCC2O. The molecule has 1 heterocycles. The predicted molar refractivity (Wildman–Crippen MR) is 88.6 cm³/mol. The minimum absolute atomic E-state index is 0.171. The molecule has 1 unspecified atom stereocenters. The normalized spacial score (nSPS) is 16.6. The lowest BCUT2D eigenvalue weighted by molar-refractivity contribution is 0.164. The minimum atomic E-state index is -0.547. The third kappa shape index (κ3) is 3.29. The first-order valence-electron chi connectivity index (χ1n) is 7.64. The quantitative estimate of drug-likeness (QED) is 0.916. The molecule has 120 valence electrons. The summed E-state index contributed by atoms with van der Waals surface area (Å²) in [5.74, 6) is 0.665. The van der Waals surface area contributed by atoms with Crippen molar-refractivity contribution in [3.63, 3.8) is 0 Å². The van der Waals surface area contributed by atoms with Gasteiger partial charge in [0.15, 0.2) is 0 Å². The van der Waals surface area contributed by atoms with E-state index in [1.807, 2.05) is 36.4 Å². The van der Waals surface area contributed by atoms with Crippen molar-refractivity contribution in [1.82, 2.24) is 5.32 Å². The van der Waals surface area contributed by atoms with Crippen molar-refractivity contribution in [3.05, 3.63) is 59.7 Å². The zero-order valence-corrected chi connectivity index (χ0v) is 13.0. The van der Waals surface area contributed by atoms with E-state index >= 15 is 0 Å². The molecular formula is C18H20N2O3. The van der Waals surface area contributed by atoms with Gasteiger partial charge in [0.2, 0.25) is 0 Å². The number of urea groups is 1. The molecule has 0 fully saturated rings. The molecule has 0 radical (unpaired) electrons. The second kappa shape index (κ2) is 6.71. The molecule has 1 aliphatic rings. The number of benzene rings is 2. The van der Waals surface area contributed by atoms with Crippen LogP contribution in [0.15, 0.2) is 48.5 Å². The van der Waals surface area contributed by atoms with Crippen molar-refractivity contribution >= 4 is 11.7 Å². The predicted octanol–water partition coefficient (Wildman–Crippen LogP) is 2.85. The van der Waals surface area contributed by atoms with Crippen LogP contribution in [0.2, 0.25) is 0 Å². The third-order valence-electron chi connectivity index (χ3n) is 4.05. The summed E-state index contributed by atoms with van der Waals surface area (Å²) >= 11 is 0. The smallest absolute Gasteiger partial charge is 0.322 e. The maximum Gasteiger partial charge on any atom is 0.322 e. The summed E-state index contributed by atoms with van der Waals surface area (Å²) < 4.78 is 5.23. The van der Waals surface area contributed by atoms with Gasteiger partial charge in [-0.1, -0.05) is 36.4 Å². The number of aliphatic hydroxyl groups is 1. The number of aliphatic hydroxyl groups excluding tert-OH is 1. The second-order valence-corrected chi connectivity index (χ2v) is 5.53. The summed E-state index contributed by atoms with van der Waals surface area (Å²) in [6.45, 7) is 0.944. The van der Waals surface area contributed by atoms with Crippen LogP contribution in [0.4, 0.5) is 10.5 Å². The Hall–Kier alpha value is -2.53. The van der Waals surface area contributed by atoms with Crippen molar-refractivity contribution in [1.29, 1.82) is 0 Å². The topological polar surface area (TPSA) is 61.8 Å². The Morgan fingerprint density at radius 3 is 2.83 bits per heavy atom. The van der Waals surface area contributed by atoms with Crippen LogP contribution in [0.25, 0.3) is 0 Å². The maximum atomic E-state index is 12.5. The number of hydrogen-bond acceptors (Lipinski definition) is 3. The van der Waals surface area contributed by atoms with Gasteiger partial charge < -0.3 is 15.2 Å².